The Balaban J connectivity index is 2.16. The molecule has 1 aromatic rings. The molecule has 0 radical (unpaired) electrons. The maximum Gasteiger partial charge on any atom is 0.145 e. The predicted octanol–water partition coefficient (Wildman–Crippen LogP) is 3.14. The molecule has 2 rings (SSSR count). The first-order chi connectivity index (χ1) is 10.2. The van der Waals surface area contributed by atoms with Gasteiger partial charge in [0.05, 0.1) is 6.07 Å². The Hall–Kier alpha value is -1.37. The van der Waals surface area contributed by atoms with Gasteiger partial charge in [-0.3, -0.25) is 5.32 Å². The summed E-state index contributed by atoms with van der Waals surface area (Å²) in [6.07, 6.45) is 4.07. The van der Waals surface area contributed by atoms with Gasteiger partial charge in [0.1, 0.15) is 5.54 Å². The molecular formula is C18H27N3. The van der Waals surface area contributed by atoms with Crippen molar-refractivity contribution in [1.29, 1.82) is 5.26 Å². The fourth-order valence-electron chi connectivity index (χ4n) is 3.09. The van der Waals surface area contributed by atoms with Gasteiger partial charge in [-0.1, -0.05) is 50.6 Å². The Morgan fingerprint density at radius 3 is 2.48 bits per heavy atom. The zero-order valence-electron chi connectivity index (χ0n) is 13.3. The lowest BCUT2D eigenvalue weighted by Gasteiger charge is -2.37. The molecule has 21 heavy (non-hydrogen) atoms. The molecule has 1 aliphatic carbocycles. The van der Waals surface area contributed by atoms with E-state index < -0.39 is 5.54 Å². The van der Waals surface area contributed by atoms with Crippen molar-refractivity contribution in [3.05, 3.63) is 35.9 Å². The number of hydrogen-bond donors (Lipinski definition) is 1. The van der Waals surface area contributed by atoms with Crippen molar-refractivity contribution in [2.24, 2.45) is 5.92 Å². The van der Waals surface area contributed by atoms with Crippen LogP contribution in [0.4, 0.5) is 0 Å². The lowest BCUT2D eigenvalue weighted by molar-refractivity contribution is 0.155. The molecule has 1 unspecified atom stereocenters. The van der Waals surface area contributed by atoms with Crippen LogP contribution in [0.15, 0.2) is 30.3 Å². The summed E-state index contributed by atoms with van der Waals surface area (Å²) in [6.45, 7) is 7.93. The summed E-state index contributed by atoms with van der Waals surface area (Å²) >= 11 is 0. The molecule has 1 aromatic carbocycles. The Morgan fingerprint density at radius 2 is 2.00 bits per heavy atom. The first-order valence-electron chi connectivity index (χ1n) is 8.18. The lowest BCUT2D eigenvalue weighted by atomic mass is 9.84. The molecule has 1 fully saturated rings. The van der Waals surface area contributed by atoms with E-state index in [4.69, 9.17) is 0 Å². The summed E-state index contributed by atoms with van der Waals surface area (Å²) in [5, 5.41) is 13.3. The van der Waals surface area contributed by atoms with Gasteiger partial charge >= 0.3 is 0 Å². The molecule has 0 spiro atoms. The summed E-state index contributed by atoms with van der Waals surface area (Å²) in [5.74, 6) is 0.832. The molecule has 3 heteroatoms. The van der Waals surface area contributed by atoms with E-state index in [2.05, 4.69) is 42.3 Å². The fraction of sp³-hybridized carbons (Fsp3) is 0.611. The second-order valence-electron chi connectivity index (χ2n) is 6.04. The van der Waals surface area contributed by atoms with E-state index in [1.54, 1.807) is 0 Å². The first-order valence-corrected chi connectivity index (χ1v) is 8.18. The third kappa shape index (κ3) is 3.84. The van der Waals surface area contributed by atoms with Crippen LogP contribution in [0.2, 0.25) is 0 Å². The first kappa shape index (κ1) is 16.0. The van der Waals surface area contributed by atoms with Gasteiger partial charge in [0.15, 0.2) is 0 Å². The highest BCUT2D eigenvalue weighted by molar-refractivity contribution is 5.32. The molecule has 1 atom stereocenters. The molecule has 0 saturated heterocycles. The molecule has 0 bridgehead atoms. The van der Waals surface area contributed by atoms with Crippen molar-refractivity contribution in [1.82, 2.24) is 10.2 Å². The van der Waals surface area contributed by atoms with Crippen LogP contribution in [0.3, 0.4) is 0 Å². The Bertz CT molecular complexity index is 461. The van der Waals surface area contributed by atoms with E-state index >= 15 is 0 Å². The summed E-state index contributed by atoms with van der Waals surface area (Å²) in [6, 6.07) is 12.7. The molecule has 3 nitrogen and oxygen atoms in total. The third-order valence-corrected chi connectivity index (χ3v) is 4.59. The van der Waals surface area contributed by atoms with Crippen molar-refractivity contribution >= 4 is 0 Å². The number of nitrogens with zero attached hydrogens (tertiary/aromatic N) is 2. The maximum absolute atomic E-state index is 9.87. The van der Waals surface area contributed by atoms with Crippen LogP contribution in [-0.2, 0) is 5.54 Å². The highest BCUT2D eigenvalue weighted by Crippen LogP contribution is 2.29. The minimum atomic E-state index is -0.601. The Labute approximate surface area is 129 Å². The predicted molar refractivity (Wildman–Crippen MR) is 86.9 cm³/mol. The molecule has 0 amide bonds. The highest BCUT2D eigenvalue weighted by atomic mass is 15.2. The molecule has 1 N–H and O–H groups in total. The number of nitriles is 1. The largest absolute Gasteiger partial charge is 0.300 e. The smallest absolute Gasteiger partial charge is 0.145 e. The Morgan fingerprint density at radius 1 is 1.29 bits per heavy atom. The zero-order chi connectivity index (χ0) is 15.1. The summed E-state index contributed by atoms with van der Waals surface area (Å²) in [4.78, 5) is 2.43. The minimum Gasteiger partial charge on any atom is -0.300 e. The average Bonchev–Trinajstić information content (AvgIpc) is 2.49. The van der Waals surface area contributed by atoms with Crippen LogP contribution in [0.5, 0.6) is 0 Å². The topological polar surface area (TPSA) is 39.1 Å². The number of nitrogens with one attached hydrogen (secondary N) is 1. The van der Waals surface area contributed by atoms with Gasteiger partial charge in [-0.15, -0.1) is 0 Å². The van der Waals surface area contributed by atoms with Gasteiger partial charge < -0.3 is 4.90 Å². The summed E-state index contributed by atoms with van der Waals surface area (Å²) < 4.78 is 0. The van der Waals surface area contributed by atoms with Crippen LogP contribution >= 0.6 is 0 Å². The third-order valence-electron chi connectivity index (χ3n) is 4.59. The van der Waals surface area contributed by atoms with E-state index in [1.807, 2.05) is 18.2 Å². The number of likely N-dealkylation sites (N-methyl/N-ethyl adjacent to an activating group) is 2. The van der Waals surface area contributed by atoms with E-state index in [1.165, 1.54) is 19.3 Å². The monoisotopic (exact) mass is 285 g/mol. The van der Waals surface area contributed by atoms with E-state index in [9.17, 15) is 5.26 Å². The fourth-order valence-corrected chi connectivity index (χ4v) is 3.09. The zero-order valence-corrected chi connectivity index (χ0v) is 13.3. The second-order valence-corrected chi connectivity index (χ2v) is 6.04. The normalized spacial score (nSPS) is 18.0. The second kappa shape index (κ2) is 7.59. The van der Waals surface area contributed by atoms with Gasteiger partial charge in [-0.25, -0.2) is 0 Å². The van der Waals surface area contributed by atoms with Crippen LogP contribution in [0.25, 0.3) is 0 Å². The highest BCUT2D eigenvalue weighted by Gasteiger charge is 2.34. The standard InChI is InChI=1S/C18H27N3/c1-3-20-18(14-19,17-11-6-5-7-12-17)15-21(4-2)13-16-9-8-10-16/h5-7,11-12,16,20H,3-4,8-10,13,15H2,1-2H3. The van der Waals surface area contributed by atoms with Crippen molar-refractivity contribution in [3.8, 4) is 6.07 Å². The van der Waals surface area contributed by atoms with Gasteiger partial charge in [-0.2, -0.15) is 5.26 Å². The SMILES string of the molecule is CCNC(C#N)(CN(CC)CC1CCC1)c1ccccc1. The molecule has 114 valence electrons. The summed E-state index contributed by atoms with van der Waals surface area (Å²) in [7, 11) is 0. The quantitative estimate of drug-likeness (QED) is 0.797. The number of rotatable bonds is 8. The molecule has 0 aliphatic heterocycles. The number of hydrogen-bond acceptors (Lipinski definition) is 3. The van der Waals surface area contributed by atoms with Crippen LogP contribution in [0, 0.1) is 17.2 Å². The lowest BCUT2D eigenvalue weighted by Crippen LogP contribution is -2.51. The van der Waals surface area contributed by atoms with Crippen LogP contribution in [-0.4, -0.2) is 31.1 Å². The molecule has 1 saturated carbocycles. The van der Waals surface area contributed by atoms with E-state index in [0.29, 0.717) is 0 Å². The number of benzene rings is 1. The van der Waals surface area contributed by atoms with Crippen molar-refractivity contribution < 1.29 is 0 Å². The molecule has 0 heterocycles. The average molecular weight is 285 g/mol. The minimum absolute atomic E-state index is 0.601. The van der Waals surface area contributed by atoms with Crippen LogP contribution < -0.4 is 5.32 Å². The van der Waals surface area contributed by atoms with E-state index in [0.717, 1.165) is 37.7 Å². The van der Waals surface area contributed by atoms with Crippen molar-refractivity contribution in [2.45, 2.75) is 38.6 Å². The maximum atomic E-state index is 9.87. The molecule has 0 aromatic heterocycles. The van der Waals surface area contributed by atoms with Gasteiger partial charge in [0, 0.05) is 13.1 Å². The van der Waals surface area contributed by atoms with Crippen molar-refractivity contribution in [2.75, 3.05) is 26.2 Å². The van der Waals surface area contributed by atoms with Crippen LogP contribution in [0.1, 0.15) is 38.7 Å². The van der Waals surface area contributed by atoms with E-state index in [-0.39, 0.29) is 0 Å². The molecule has 1 aliphatic rings. The molecular weight excluding hydrogens is 258 g/mol. The van der Waals surface area contributed by atoms with Crippen molar-refractivity contribution in [3.63, 3.8) is 0 Å². The summed E-state index contributed by atoms with van der Waals surface area (Å²) in [5.41, 5.74) is 0.469. The van der Waals surface area contributed by atoms with Gasteiger partial charge in [-0.05, 0) is 37.4 Å². The van der Waals surface area contributed by atoms with Gasteiger partial charge in [0.25, 0.3) is 0 Å². The Kier molecular flexibility index (Phi) is 5.78. The van der Waals surface area contributed by atoms with Gasteiger partial charge in [0.2, 0.25) is 0 Å².